The van der Waals surface area contributed by atoms with Gasteiger partial charge in [0.1, 0.15) is 5.82 Å². The number of pyridine rings is 1. The lowest BCUT2D eigenvalue weighted by Gasteiger charge is -2.25. The van der Waals surface area contributed by atoms with Gasteiger partial charge >= 0.3 is 5.97 Å². The number of carbonyl (C=O) groups excluding carboxylic acids is 1. The van der Waals surface area contributed by atoms with Crippen molar-refractivity contribution in [2.45, 2.75) is 25.3 Å². The van der Waals surface area contributed by atoms with Crippen LogP contribution in [0, 0.1) is 5.82 Å². The van der Waals surface area contributed by atoms with Crippen molar-refractivity contribution in [3.05, 3.63) is 77.4 Å². The first-order chi connectivity index (χ1) is 14.2. The van der Waals surface area contributed by atoms with E-state index < -0.39 is 5.97 Å². The highest BCUT2D eigenvalue weighted by molar-refractivity contribution is 5.86. The van der Waals surface area contributed by atoms with E-state index in [1.807, 2.05) is 35.1 Å². The van der Waals surface area contributed by atoms with Crippen LogP contribution in [-0.2, 0) is 16.0 Å². The molecule has 1 saturated heterocycles. The summed E-state index contributed by atoms with van der Waals surface area (Å²) in [5.74, 6) is -0.819. The summed E-state index contributed by atoms with van der Waals surface area (Å²) in [6, 6.07) is 11.6. The van der Waals surface area contributed by atoms with Gasteiger partial charge in [0, 0.05) is 30.4 Å². The van der Waals surface area contributed by atoms with Crippen LogP contribution in [0.5, 0.6) is 0 Å². The zero-order valence-electron chi connectivity index (χ0n) is 16.4. The van der Waals surface area contributed by atoms with E-state index in [-0.39, 0.29) is 11.9 Å². The third kappa shape index (κ3) is 4.22. The lowest BCUT2D eigenvalue weighted by atomic mass is 10.0. The lowest BCUT2D eigenvalue weighted by molar-refractivity contribution is -0.134. The van der Waals surface area contributed by atoms with Crippen LogP contribution >= 0.6 is 0 Å². The molecule has 1 aliphatic heterocycles. The first-order valence-electron chi connectivity index (χ1n) is 9.86. The maximum Gasteiger partial charge on any atom is 0.330 e. The minimum atomic E-state index is -0.497. The normalized spacial score (nSPS) is 17.4. The predicted molar refractivity (Wildman–Crippen MR) is 110 cm³/mol. The van der Waals surface area contributed by atoms with Gasteiger partial charge in [-0.1, -0.05) is 18.2 Å². The average molecular weight is 393 g/mol. The number of esters is 1. The molecule has 3 heterocycles. The molecule has 0 amide bonds. The molecule has 1 aromatic carbocycles. The molecule has 0 spiro atoms. The number of benzene rings is 1. The quantitative estimate of drug-likeness (QED) is 0.468. The summed E-state index contributed by atoms with van der Waals surface area (Å²) in [6.45, 7) is 1.92. The predicted octanol–water partition coefficient (Wildman–Crippen LogP) is 4.04. The Balaban J connectivity index is 1.46. The Morgan fingerprint density at radius 2 is 2.24 bits per heavy atom. The average Bonchev–Trinajstić information content (AvgIpc) is 3.38. The lowest BCUT2D eigenvalue weighted by Crippen LogP contribution is -2.25. The summed E-state index contributed by atoms with van der Waals surface area (Å²) in [5, 5.41) is 4.41. The van der Waals surface area contributed by atoms with E-state index in [4.69, 9.17) is 0 Å². The van der Waals surface area contributed by atoms with Gasteiger partial charge < -0.3 is 4.74 Å². The molecular weight excluding hydrogens is 369 g/mol. The number of ether oxygens (including phenoxy) is 1. The number of nitrogens with zero attached hydrogens (tertiary/aromatic N) is 3. The molecule has 0 aliphatic carbocycles. The molecule has 0 saturated carbocycles. The monoisotopic (exact) mass is 393 g/mol. The van der Waals surface area contributed by atoms with Crippen molar-refractivity contribution < 1.29 is 13.9 Å². The first kappa shape index (κ1) is 19.3. The van der Waals surface area contributed by atoms with Crippen LogP contribution in [0.3, 0.4) is 0 Å². The molecular formula is C23H24FN3O2. The first-order valence-corrected chi connectivity index (χ1v) is 9.86. The maximum absolute atomic E-state index is 14.5. The van der Waals surface area contributed by atoms with Gasteiger partial charge in [0.15, 0.2) is 0 Å². The van der Waals surface area contributed by atoms with Crippen LogP contribution in [-0.4, -0.2) is 40.7 Å². The van der Waals surface area contributed by atoms with E-state index >= 15 is 0 Å². The molecule has 0 radical (unpaired) electrons. The fourth-order valence-corrected chi connectivity index (χ4v) is 4.03. The van der Waals surface area contributed by atoms with E-state index in [1.54, 1.807) is 12.1 Å². The largest absolute Gasteiger partial charge is 0.466 e. The van der Waals surface area contributed by atoms with Crippen molar-refractivity contribution in [2.24, 2.45) is 0 Å². The van der Waals surface area contributed by atoms with Gasteiger partial charge in [-0.05, 0) is 61.2 Å². The number of methoxy groups -OCH3 is 1. The molecule has 1 atom stereocenters. The molecule has 1 fully saturated rings. The Kier molecular flexibility index (Phi) is 5.71. The van der Waals surface area contributed by atoms with Crippen LogP contribution in [0.1, 0.15) is 35.6 Å². The molecule has 1 aliphatic rings. The Morgan fingerprint density at radius 1 is 1.34 bits per heavy atom. The summed E-state index contributed by atoms with van der Waals surface area (Å²) in [6.07, 6.45) is 9.60. The Labute approximate surface area is 169 Å². The van der Waals surface area contributed by atoms with Crippen molar-refractivity contribution in [1.29, 1.82) is 0 Å². The third-order valence-electron chi connectivity index (χ3n) is 5.55. The number of fused-ring (bicyclic) bond motifs is 1. The van der Waals surface area contributed by atoms with Gasteiger partial charge in [0.2, 0.25) is 0 Å². The number of hydrogen-bond donors (Lipinski definition) is 0. The molecule has 150 valence electrons. The van der Waals surface area contributed by atoms with E-state index in [2.05, 4.69) is 20.8 Å². The second-order valence-electron chi connectivity index (χ2n) is 7.28. The third-order valence-corrected chi connectivity index (χ3v) is 5.55. The van der Waals surface area contributed by atoms with Gasteiger partial charge in [0.05, 0.1) is 18.8 Å². The Morgan fingerprint density at radius 3 is 3.07 bits per heavy atom. The smallest absolute Gasteiger partial charge is 0.330 e. The van der Waals surface area contributed by atoms with Gasteiger partial charge in [-0.3, -0.25) is 4.90 Å². The van der Waals surface area contributed by atoms with Crippen LogP contribution < -0.4 is 0 Å². The highest BCUT2D eigenvalue weighted by atomic mass is 19.1. The fourth-order valence-electron chi connectivity index (χ4n) is 4.03. The molecule has 29 heavy (non-hydrogen) atoms. The van der Waals surface area contributed by atoms with E-state index in [1.165, 1.54) is 24.8 Å². The van der Waals surface area contributed by atoms with Crippen molar-refractivity contribution in [1.82, 2.24) is 14.5 Å². The molecule has 2 aromatic heterocycles. The highest BCUT2D eigenvalue weighted by Crippen LogP contribution is 2.33. The van der Waals surface area contributed by atoms with Crippen molar-refractivity contribution in [3.8, 4) is 0 Å². The summed E-state index contributed by atoms with van der Waals surface area (Å²) in [4.78, 5) is 13.6. The Hall–Kier alpha value is -2.99. The van der Waals surface area contributed by atoms with Crippen LogP contribution in [0.4, 0.5) is 4.39 Å². The summed E-state index contributed by atoms with van der Waals surface area (Å²) >= 11 is 0. The minimum Gasteiger partial charge on any atom is -0.466 e. The van der Waals surface area contributed by atoms with E-state index in [0.717, 1.165) is 43.4 Å². The topological polar surface area (TPSA) is 46.8 Å². The fraction of sp³-hybridized carbons (Fsp3) is 0.304. The van der Waals surface area contributed by atoms with Crippen molar-refractivity contribution >= 4 is 17.6 Å². The second kappa shape index (κ2) is 8.57. The van der Waals surface area contributed by atoms with Crippen molar-refractivity contribution in [3.63, 3.8) is 0 Å². The highest BCUT2D eigenvalue weighted by Gasteiger charge is 2.26. The number of likely N-dealkylation sites (tertiary alicyclic amines) is 1. The summed E-state index contributed by atoms with van der Waals surface area (Å²) in [7, 11) is 1.30. The molecule has 3 aromatic rings. The second-order valence-corrected chi connectivity index (χ2v) is 7.28. The Bertz CT molecular complexity index is 1040. The van der Waals surface area contributed by atoms with Crippen LogP contribution in [0.2, 0.25) is 0 Å². The molecule has 0 bridgehead atoms. The van der Waals surface area contributed by atoms with Gasteiger partial charge in [-0.25, -0.2) is 13.7 Å². The van der Waals surface area contributed by atoms with Crippen molar-refractivity contribution in [2.75, 3.05) is 20.2 Å². The van der Waals surface area contributed by atoms with Crippen LogP contribution in [0.25, 0.3) is 11.6 Å². The number of hydrogen-bond acceptors (Lipinski definition) is 4. The number of halogens is 1. The zero-order valence-corrected chi connectivity index (χ0v) is 16.4. The summed E-state index contributed by atoms with van der Waals surface area (Å²) < 4.78 is 21.0. The van der Waals surface area contributed by atoms with Gasteiger partial charge in [-0.2, -0.15) is 5.10 Å². The molecule has 1 unspecified atom stereocenters. The van der Waals surface area contributed by atoms with E-state index in [9.17, 15) is 9.18 Å². The minimum absolute atomic E-state index is 0.213. The standard InChI is InChI=1S/C23H24FN3O2/c1-29-23(28)10-9-17-7-8-18(15-20(17)24)21-6-4-12-26(21)14-11-19-16-25-27-13-3-2-5-22(19)27/h2-3,5,7-10,13,15-16,21H,4,6,11-12,14H2,1H3. The zero-order chi connectivity index (χ0) is 20.2. The SMILES string of the molecule is COC(=O)C=Cc1ccc(C2CCCN2CCc2cnn3ccccc23)cc1F. The molecule has 0 N–H and O–H groups in total. The summed E-state index contributed by atoms with van der Waals surface area (Å²) in [5.41, 5.74) is 3.73. The number of carbonyl (C=O) groups is 1. The van der Waals surface area contributed by atoms with Gasteiger partial charge in [-0.15, -0.1) is 0 Å². The van der Waals surface area contributed by atoms with Gasteiger partial charge in [0.25, 0.3) is 0 Å². The maximum atomic E-state index is 14.5. The number of rotatable bonds is 6. The molecule has 5 nitrogen and oxygen atoms in total. The number of aromatic nitrogens is 2. The molecule has 6 heteroatoms. The van der Waals surface area contributed by atoms with E-state index in [0.29, 0.717) is 5.56 Å². The van der Waals surface area contributed by atoms with Crippen LogP contribution in [0.15, 0.2) is 54.9 Å². The molecule has 4 rings (SSSR count).